The van der Waals surface area contributed by atoms with E-state index >= 15 is 0 Å². The molecule has 5 nitrogen and oxygen atoms in total. The smallest absolute Gasteiger partial charge is 0.105 e. The molecule has 2 atom stereocenters. The zero-order chi connectivity index (χ0) is 15.4. The topological polar surface area (TPSA) is 37.8 Å². The van der Waals surface area contributed by atoms with E-state index in [-0.39, 0.29) is 5.60 Å². The Bertz CT molecular complexity index is 468. The lowest BCUT2D eigenvalue weighted by molar-refractivity contribution is -0.0902. The monoisotopic (exact) mass is 305 g/mol. The molecule has 0 aliphatic carbocycles. The lowest BCUT2D eigenvalue weighted by atomic mass is 10.00. The van der Waals surface area contributed by atoms with Crippen LogP contribution in [-0.2, 0) is 16.0 Å². The van der Waals surface area contributed by atoms with Gasteiger partial charge in [-0.2, -0.15) is 0 Å². The third-order valence-corrected chi connectivity index (χ3v) is 4.49. The Kier molecular flexibility index (Phi) is 5.08. The first-order valence-corrected chi connectivity index (χ1v) is 8.17. The van der Waals surface area contributed by atoms with Crippen molar-refractivity contribution in [1.29, 1.82) is 0 Å². The van der Waals surface area contributed by atoms with Crippen molar-refractivity contribution in [3.63, 3.8) is 0 Å². The van der Waals surface area contributed by atoms with Gasteiger partial charge in [0.1, 0.15) is 5.60 Å². The standard InChI is InChI=1S/C17H27N3O2/c1-19(2)12-16-3-6-17(22-16)13-20(9-10-21-14-17)11-15-4-7-18-8-5-15/h4-5,7-8,16H,3,6,9-14H2,1-2H3/t16-,17+/m0/s1. The van der Waals surface area contributed by atoms with Gasteiger partial charge in [0, 0.05) is 38.6 Å². The number of aromatic nitrogens is 1. The second-order valence-electron chi connectivity index (χ2n) is 6.84. The van der Waals surface area contributed by atoms with Crippen LogP contribution in [0.3, 0.4) is 0 Å². The van der Waals surface area contributed by atoms with Crippen molar-refractivity contribution in [2.45, 2.75) is 31.1 Å². The molecule has 2 saturated heterocycles. The molecule has 1 aromatic heterocycles. The van der Waals surface area contributed by atoms with Gasteiger partial charge in [0.25, 0.3) is 0 Å². The maximum absolute atomic E-state index is 6.43. The number of hydrogen-bond acceptors (Lipinski definition) is 5. The second-order valence-corrected chi connectivity index (χ2v) is 6.84. The minimum Gasteiger partial charge on any atom is -0.377 e. The van der Waals surface area contributed by atoms with E-state index in [1.807, 2.05) is 12.4 Å². The maximum atomic E-state index is 6.43. The predicted molar refractivity (Wildman–Crippen MR) is 85.7 cm³/mol. The number of ether oxygens (including phenoxy) is 2. The van der Waals surface area contributed by atoms with E-state index in [9.17, 15) is 0 Å². The summed E-state index contributed by atoms with van der Waals surface area (Å²) in [7, 11) is 4.21. The van der Waals surface area contributed by atoms with Gasteiger partial charge >= 0.3 is 0 Å². The molecule has 0 aromatic carbocycles. The number of hydrogen-bond donors (Lipinski definition) is 0. The summed E-state index contributed by atoms with van der Waals surface area (Å²) in [6.07, 6.45) is 6.28. The fourth-order valence-electron chi connectivity index (χ4n) is 3.52. The molecule has 0 bridgehead atoms. The fourth-order valence-corrected chi connectivity index (χ4v) is 3.52. The molecule has 2 fully saturated rings. The van der Waals surface area contributed by atoms with Crippen LogP contribution in [0.5, 0.6) is 0 Å². The van der Waals surface area contributed by atoms with Crippen LogP contribution in [0.2, 0.25) is 0 Å². The van der Waals surface area contributed by atoms with Crippen LogP contribution in [0, 0.1) is 0 Å². The highest BCUT2D eigenvalue weighted by atomic mass is 16.6. The second kappa shape index (κ2) is 7.04. The van der Waals surface area contributed by atoms with E-state index in [4.69, 9.17) is 9.47 Å². The first kappa shape index (κ1) is 15.9. The molecular formula is C17H27N3O2. The van der Waals surface area contributed by atoms with Gasteiger partial charge in [0.2, 0.25) is 0 Å². The first-order valence-electron chi connectivity index (χ1n) is 8.17. The molecule has 1 spiro atoms. The minimum absolute atomic E-state index is 0.121. The molecule has 22 heavy (non-hydrogen) atoms. The average Bonchev–Trinajstić information content (AvgIpc) is 2.75. The average molecular weight is 305 g/mol. The molecule has 2 aliphatic rings. The summed E-state index contributed by atoms with van der Waals surface area (Å²) in [4.78, 5) is 8.76. The van der Waals surface area contributed by atoms with E-state index in [1.54, 1.807) is 0 Å². The van der Waals surface area contributed by atoms with Gasteiger partial charge < -0.3 is 14.4 Å². The fraction of sp³-hybridized carbons (Fsp3) is 0.706. The van der Waals surface area contributed by atoms with Gasteiger partial charge in [-0.1, -0.05) is 0 Å². The molecule has 0 unspecified atom stereocenters. The Morgan fingerprint density at radius 1 is 1.36 bits per heavy atom. The Labute approximate surface area is 133 Å². The summed E-state index contributed by atoms with van der Waals surface area (Å²) in [5.41, 5.74) is 1.18. The van der Waals surface area contributed by atoms with Crippen LogP contribution < -0.4 is 0 Å². The number of nitrogens with zero attached hydrogens (tertiary/aromatic N) is 3. The molecule has 122 valence electrons. The van der Waals surface area contributed by atoms with Crippen molar-refractivity contribution >= 4 is 0 Å². The van der Waals surface area contributed by atoms with Crippen molar-refractivity contribution in [3.05, 3.63) is 30.1 Å². The van der Waals surface area contributed by atoms with Crippen LogP contribution in [0.1, 0.15) is 18.4 Å². The van der Waals surface area contributed by atoms with E-state index < -0.39 is 0 Å². The Hall–Kier alpha value is -1.01. The molecular weight excluding hydrogens is 278 g/mol. The lowest BCUT2D eigenvalue weighted by Gasteiger charge is -2.32. The van der Waals surface area contributed by atoms with Crippen molar-refractivity contribution in [1.82, 2.24) is 14.8 Å². The molecule has 1 aromatic rings. The summed E-state index contributed by atoms with van der Waals surface area (Å²) >= 11 is 0. The highest BCUT2D eigenvalue weighted by Gasteiger charge is 2.43. The molecule has 0 amide bonds. The molecule has 2 aliphatic heterocycles. The van der Waals surface area contributed by atoms with Crippen molar-refractivity contribution in [3.8, 4) is 0 Å². The van der Waals surface area contributed by atoms with Crippen molar-refractivity contribution in [2.75, 3.05) is 46.9 Å². The summed E-state index contributed by atoms with van der Waals surface area (Å²) in [6, 6.07) is 4.17. The van der Waals surface area contributed by atoms with E-state index in [0.717, 1.165) is 52.2 Å². The molecule has 0 saturated carbocycles. The Morgan fingerprint density at radius 2 is 2.18 bits per heavy atom. The van der Waals surface area contributed by atoms with E-state index in [0.29, 0.717) is 6.10 Å². The Morgan fingerprint density at radius 3 is 2.95 bits per heavy atom. The lowest BCUT2D eigenvalue weighted by Crippen LogP contribution is -2.45. The molecule has 0 radical (unpaired) electrons. The maximum Gasteiger partial charge on any atom is 0.105 e. The van der Waals surface area contributed by atoms with Crippen molar-refractivity contribution < 1.29 is 9.47 Å². The zero-order valence-electron chi connectivity index (χ0n) is 13.7. The number of pyridine rings is 1. The summed E-state index contributed by atoms with van der Waals surface area (Å²) in [5.74, 6) is 0. The van der Waals surface area contributed by atoms with Gasteiger partial charge in [-0.15, -0.1) is 0 Å². The quantitative estimate of drug-likeness (QED) is 0.840. The first-order chi connectivity index (χ1) is 10.7. The highest BCUT2D eigenvalue weighted by Crippen LogP contribution is 2.33. The van der Waals surface area contributed by atoms with Gasteiger partial charge in [-0.25, -0.2) is 0 Å². The van der Waals surface area contributed by atoms with Gasteiger partial charge in [-0.05, 0) is 44.6 Å². The summed E-state index contributed by atoms with van der Waals surface area (Å²) < 4.78 is 12.3. The number of likely N-dealkylation sites (N-methyl/N-ethyl adjacent to an activating group) is 1. The number of rotatable bonds is 4. The minimum atomic E-state index is -0.121. The van der Waals surface area contributed by atoms with Crippen molar-refractivity contribution in [2.24, 2.45) is 0 Å². The SMILES string of the molecule is CN(C)C[C@@H]1CC[C@@]2(COCCN(Cc3ccncc3)C2)O1. The molecule has 3 heterocycles. The van der Waals surface area contributed by atoms with E-state index in [1.165, 1.54) is 5.56 Å². The van der Waals surface area contributed by atoms with Crippen LogP contribution >= 0.6 is 0 Å². The highest BCUT2D eigenvalue weighted by molar-refractivity contribution is 5.10. The van der Waals surface area contributed by atoms with Crippen LogP contribution in [0.25, 0.3) is 0 Å². The van der Waals surface area contributed by atoms with Crippen LogP contribution in [0.15, 0.2) is 24.5 Å². The third kappa shape index (κ3) is 4.04. The van der Waals surface area contributed by atoms with Gasteiger partial charge in [0.05, 0.1) is 19.3 Å². The summed E-state index contributed by atoms with van der Waals surface area (Å²) in [5, 5.41) is 0. The molecule has 5 heteroatoms. The van der Waals surface area contributed by atoms with Gasteiger partial charge in [-0.3, -0.25) is 9.88 Å². The Balaban J connectivity index is 1.63. The normalized spacial score (nSPS) is 30.0. The predicted octanol–water partition coefficient (Wildman–Crippen LogP) is 1.39. The molecule has 0 N–H and O–H groups in total. The largest absolute Gasteiger partial charge is 0.377 e. The zero-order valence-corrected chi connectivity index (χ0v) is 13.7. The van der Waals surface area contributed by atoms with E-state index in [2.05, 4.69) is 41.0 Å². The van der Waals surface area contributed by atoms with Crippen LogP contribution in [0.4, 0.5) is 0 Å². The summed E-state index contributed by atoms with van der Waals surface area (Å²) in [6.45, 7) is 5.37. The van der Waals surface area contributed by atoms with Crippen LogP contribution in [-0.4, -0.2) is 73.4 Å². The third-order valence-electron chi connectivity index (χ3n) is 4.49. The molecule has 3 rings (SSSR count). The van der Waals surface area contributed by atoms with Gasteiger partial charge in [0.15, 0.2) is 0 Å².